The van der Waals surface area contributed by atoms with Gasteiger partial charge in [0.2, 0.25) is 0 Å². The van der Waals surface area contributed by atoms with Gasteiger partial charge in [-0.05, 0) is 72.6 Å². The van der Waals surface area contributed by atoms with E-state index in [4.69, 9.17) is 9.15 Å². The minimum absolute atomic E-state index is 0.0334. The zero-order valence-electron chi connectivity index (χ0n) is 22.3. The van der Waals surface area contributed by atoms with Crippen molar-refractivity contribution in [2.24, 2.45) is 0 Å². The van der Waals surface area contributed by atoms with Gasteiger partial charge in [-0.3, -0.25) is 4.79 Å². The quantitative estimate of drug-likeness (QED) is 0.207. The molecule has 0 saturated carbocycles. The summed E-state index contributed by atoms with van der Waals surface area (Å²) in [5.41, 5.74) is 1.31. The van der Waals surface area contributed by atoms with Crippen LogP contribution in [0.1, 0.15) is 39.0 Å². The minimum Gasteiger partial charge on any atom is -0.497 e. The Labute approximate surface area is 240 Å². The molecule has 2 aromatic heterocycles. The van der Waals surface area contributed by atoms with Gasteiger partial charge in [0, 0.05) is 28.6 Å². The smallest absolute Gasteiger partial charge is 0.497 e. The molecule has 12 heteroatoms. The Bertz CT molecular complexity index is 1800. The zero-order valence-corrected chi connectivity index (χ0v) is 22.3. The summed E-state index contributed by atoms with van der Waals surface area (Å²) in [5.74, 6) is -0.204. The van der Waals surface area contributed by atoms with E-state index >= 15 is 0 Å². The molecule has 5 aromatic rings. The summed E-state index contributed by atoms with van der Waals surface area (Å²) in [7, 11) is 1.54. The van der Waals surface area contributed by atoms with E-state index in [9.17, 15) is 31.1 Å². The number of alkyl halides is 6. The number of nitrogens with one attached hydrogen (secondary N) is 1. The third-order valence-corrected chi connectivity index (χ3v) is 7.32. The zero-order chi connectivity index (χ0) is 30.5. The van der Waals surface area contributed by atoms with Crippen LogP contribution in [0.3, 0.4) is 0 Å². The number of aromatic nitrogens is 1. The van der Waals surface area contributed by atoms with E-state index in [2.05, 4.69) is 9.72 Å². The van der Waals surface area contributed by atoms with Gasteiger partial charge in [-0.2, -0.15) is 13.2 Å². The number of halogens is 6. The number of rotatable bonds is 5. The number of hydrogen-bond acceptors (Lipinski definition) is 4. The maximum atomic E-state index is 13.8. The number of aromatic amines is 1. The van der Waals surface area contributed by atoms with E-state index in [0.717, 1.165) is 34.7 Å². The number of carbonyl (C=O) groups excluding carboxylic acids is 1. The summed E-state index contributed by atoms with van der Waals surface area (Å²) in [6, 6.07) is 17.1. The first kappa shape index (κ1) is 28.3. The fourth-order valence-corrected chi connectivity index (χ4v) is 5.46. The molecule has 222 valence electrons. The summed E-state index contributed by atoms with van der Waals surface area (Å²) in [6.45, 7) is 0.191. The van der Waals surface area contributed by atoms with Crippen molar-refractivity contribution in [2.75, 3.05) is 13.7 Å². The molecule has 1 amide bonds. The molecule has 0 spiro atoms. The van der Waals surface area contributed by atoms with E-state index in [-0.39, 0.29) is 29.2 Å². The second-order valence-electron chi connectivity index (χ2n) is 9.90. The first-order chi connectivity index (χ1) is 20.4. The first-order valence-corrected chi connectivity index (χ1v) is 13.0. The highest BCUT2D eigenvalue weighted by molar-refractivity contribution is 5.96. The van der Waals surface area contributed by atoms with E-state index < -0.39 is 35.8 Å². The number of methoxy groups -OCH3 is 1. The van der Waals surface area contributed by atoms with Gasteiger partial charge in [-0.1, -0.05) is 18.2 Å². The lowest BCUT2D eigenvalue weighted by Gasteiger charge is -2.35. The van der Waals surface area contributed by atoms with Crippen LogP contribution < -0.4 is 9.47 Å². The van der Waals surface area contributed by atoms with Crippen LogP contribution in [0.5, 0.6) is 11.5 Å². The van der Waals surface area contributed by atoms with E-state index in [0.29, 0.717) is 17.9 Å². The van der Waals surface area contributed by atoms with Crippen molar-refractivity contribution >= 4 is 16.8 Å². The van der Waals surface area contributed by atoms with Crippen LogP contribution in [0.4, 0.5) is 26.3 Å². The summed E-state index contributed by atoms with van der Waals surface area (Å²) >= 11 is 0. The largest absolute Gasteiger partial charge is 0.573 e. The SMILES string of the molecule is COc1ccc2[nH]c3c(c2c1)CCN(C(=O)c1ccc(OC(F)(F)F)cc1)C3c1ccc(-c2ccccc2C(F)(F)F)o1. The van der Waals surface area contributed by atoms with Crippen molar-refractivity contribution in [1.82, 2.24) is 9.88 Å². The Balaban J connectivity index is 1.44. The number of furan rings is 1. The van der Waals surface area contributed by atoms with Crippen molar-refractivity contribution in [1.29, 1.82) is 0 Å². The molecule has 0 bridgehead atoms. The summed E-state index contributed by atoms with van der Waals surface area (Å²) in [6.07, 6.45) is -9.09. The number of hydrogen-bond donors (Lipinski definition) is 1. The molecule has 0 aliphatic carbocycles. The molecule has 43 heavy (non-hydrogen) atoms. The maximum Gasteiger partial charge on any atom is 0.573 e. The number of ether oxygens (including phenoxy) is 2. The lowest BCUT2D eigenvalue weighted by atomic mass is 9.95. The van der Waals surface area contributed by atoms with Crippen molar-refractivity contribution < 1.29 is 45.0 Å². The fraction of sp³-hybridized carbons (Fsp3) is 0.194. The first-order valence-electron chi connectivity index (χ1n) is 13.0. The maximum absolute atomic E-state index is 13.8. The summed E-state index contributed by atoms with van der Waals surface area (Å²) in [4.78, 5) is 18.6. The molecule has 0 fully saturated rings. The van der Waals surface area contributed by atoms with Gasteiger partial charge in [0.15, 0.2) is 0 Å². The summed E-state index contributed by atoms with van der Waals surface area (Å²) in [5, 5.41) is 0.856. The van der Waals surface area contributed by atoms with Crippen molar-refractivity contribution in [3.63, 3.8) is 0 Å². The Hall–Kier alpha value is -4.87. The fourth-order valence-electron chi connectivity index (χ4n) is 5.46. The van der Waals surface area contributed by atoms with Gasteiger partial charge in [0.1, 0.15) is 29.1 Å². The average Bonchev–Trinajstić information content (AvgIpc) is 3.60. The van der Waals surface area contributed by atoms with Crippen LogP contribution in [0.15, 0.2) is 83.3 Å². The molecule has 0 saturated heterocycles. The van der Waals surface area contributed by atoms with Gasteiger partial charge in [-0.25, -0.2) is 0 Å². The van der Waals surface area contributed by atoms with Crippen LogP contribution in [-0.2, 0) is 12.6 Å². The van der Waals surface area contributed by atoms with Gasteiger partial charge in [-0.15, -0.1) is 13.2 Å². The third kappa shape index (κ3) is 5.40. The Morgan fingerprint density at radius 3 is 2.35 bits per heavy atom. The van der Waals surface area contributed by atoms with Crippen LogP contribution >= 0.6 is 0 Å². The molecule has 3 heterocycles. The molecular formula is C31H22F6N2O4. The van der Waals surface area contributed by atoms with Crippen molar-refractivity contribution in [3.05, 3.63) is 107 Å². The number of benzene rings is 3. The molecule has 1 unspecified atom stereocenters. The lowest BCUT2D eigenvalue weighted by Crippen LogP contribution is -2.40. The monoisotopic (exact) mass is 600 g/mol. The predicted molar refractivity (Wildman–Crippen MR) is 144 cm³/mol. The number of carbonyl (C=O) groups is 1. The molecular weight excluding hydrogens is 578 g/mol. The lowest BCUT2D eigenvalue weighted by molar-refractivity contribution is -0.274. The summed E-state index contributed by atoms with van der Waals surface area (Å²) < 4.78 is 94.6. The van der Waals surface area contributed by atoms with E-state index in [1.54, 1.807) is 6.07 Å². The molecule has 1 aliphatic rings. The molecule has 0 radical (unpaired) electrons. The molecule has 1 aliphatic heterocycles. The number of amides is 1. The molecule has 1 N–H and O–H groups in total. The molecule has 6 rings (SSSR count). The van der Waals surface area contributed by atoms with Crippen molar-refractivity contribution in [2.45, 2.75) is 25.0 Å². The highest BCUT2D eigenvalue weighted by atomic mass is 19.4. The van der Waals surface area contributed by atoms with Crippen molar-refractivity contribution in [3.8, 4) is 22.8 Å². The normalized spacial score (nSPS) is 15.4. The number of fused-ring (bicyclic) bond motifs is 3. The van der Waals surface area contributed by atoms with Gasteiger partial charge in [0.05, 0.1) is 18.4 Å². The second-order valence-corrected chi connectivity index (χ2v) is 9.90. The minimum atomic E-state index is -4.89. The Morgan fingerprint density at radius 2 is 1.65 bits per heavy atom. The van der Waals surface area contributed by atoms with Crippen LogP contribution in [0.25, 0.3) is 22.2 Å². The Morgan fingerprint density at radius 1 is 0.930 bits per heavy atom. The molecule has 1 atom stereocenters. The van der Waals surface area contributed by atoms with E-state index in [1.807, 2.05) is 12.1 Å². The molecule has 6 nitrogen and oxygen atoms in total. The van der Waals surface area contributed by atoms with Crippen LogP contribution in [0, 0.1) is 0 Å². The predicted octanol–water partition coefficient (Wildman–Crippen LogP) is 8.14. The third-order valence-electron chi connectivity index (χ3n) is 7.32. The average molecular weight is 601 g/mol. The molecule has 3 aromatic carbocycles. The standard InChI is InChI=1S/C31H22F6N2O4/c1-41-19-10-11-24-22(16-19)20-14-15-39(29(40)17-6-8-18(9-7-17)43-31(35,36)37)28(27(20)38-24)26-13-12-25(42-26)21-4-2-3-5-23(21)30(32,33)34/h2-13,16,28,38H,14-15H2,1H3. The number of H-pyrrole nitrogens is 1. The topological polar surface area (TPSA) is 67.7 Å². The van der Waals surface area contributed by atoms with Gasteiger partial charge < -0.3 is 23.8 Å². The van der Waals surface area contributed by atoms with E-state index in [1.165, 1.54) is 54.5 Å². The van der Waals surface area contributed by atoms with Crippen LogP contribution in [-0.4, -0.2) is 35.8 Å². The number of nitrogens with zero attached hydrogens (tertiary/aromatic N) is 1. The van der Waals surface area contributed by atoms with Crippen LogP contribution in [0.2, 0.25) is 0 Å². The van der Waals surface area contributed by atoms with Gasteiger partial charge in [0.25, 0.3) is 5.91 Å². The second kappa shape index (κ2) is 10.4. The highest BCUT2D eigenvalue weighted by Gasteiger charge is 2.39. The highest BCUT2D eigenvalue weighted by Crippen LogP contribution is 2.43. The van der Waals surface area contributed by atoms with Gasteiger partial charge >= 0.3 is 12.5 Å². The Kier molecular flexibility index (Phi) is 6.86.